The van der Waals surface area contributed by atoms with Gasteiger partial charge in [0.2, 0.25) is 0 Å². The molecule has 0 aliphatic carbocycles. The summed E-state index contributed by atoms with van der Waals surface area (Å²) >= 11 is 3.36. The van der Waals surface area contributed by atoms with Gasteiger partial charge in [-0.2, -0.15) is 0 Å². The van der Waals surface area contributed by atoms with Crippen molar-refractivity contribution in [3.05, 3.63) is 59.2 Å². The van der Waals surface area contributed by atoms with Crippen LogP contribution in [-0.4, -0.2) is 43.5 Å². The zero-order chi connectivity index (χ0) is 19.0. The maximum Gasteiger partial charge on any atom is 0.269 e. The summed E-state index contributed by atoms with van der Waals surface area (Å²) in [5, 5.41) is 4.54. The summed E-state index contributed by atoms with van der Waals surface area (Å²) in [5.74, 6) is 0. The van der Waals surface area contributed by atoms with Gasteiger partial charge in [-0.05, 0) is 79.2 Å². The average Bonchev–Trinajstić information content (AvgIpc) is 3.10. The van der Waals surface area contributed by atoms with Crippen molar-refractivity contribution in [2.45, 2.75) is 23.8 Å². The van der Waals surface area contributed by atoms with Crippen LogP contribution >= 0.6 is 15.9 Å². The first-order chi connectivity index (χ1) is 13.0. The van der Waals surface area contributed by atoms with Crippen molar-refractivity contribution in [2.24, 2.45) is 0 Å². The minimum Gasteiger partial charge on any atom is -0.382 e. The number of halogens is 1. The van der Waals surface area contributed by atoms with Crippen LogP contribution in [0, 0.1) is 0 Å². The highest BCUT2D eigenvalue weighted by atomic mass is 79.9. The highest BCUT2D eigenvalue weighted by Gasteiger charge is 2.23. The SMILES string of the molecule is CN1CCC(Nc2cccc3c2ccn3S(=O)(=O)c2ccccc2Br)CC1. The molecular weight excluding hydrogens is 426 g/mol. The Bertz CT molecular complexity index is 1070. The molecular formula is C20H22BrN3O2S. The monoisotopic (exact) mass is 447 g/mol. The first-order valence-corrected chi connectivity index (χ1v) is 11.3. The van der Waals surface area contributed by atoms with E-state index in [0.29, 0.717) is 16.0 Å². The molecule has 1 aliphatic rings. The summed E-state index contributed by atoms with van der Waals surface area (Å²) < 4.78 is 28.3. The minimum atomic E-state index is -3.67. The average molecular weight is 448 g/mol. The number of piperidine rings is 1. The van der Waals surface area contributed by atoms with Crippen molar-refractivity contribution < 1.29 is 8.42 Å². The number of rotatable bonds is 4. The Morgan fingerprint density at radius 3 is 2.52 bits per heavy atom. The van der Waals surface area contributed by atoms with E-state index in [1.807, 2.05) is 24.3 Å². The Hall–Kier alpha value is -1.83. The normalized spacial score (nSPS) is 16.7. The topological polar surface area (TPSA) is 54.3 Å². The van der Waals surface area contributed by atoms with Gasteiger partial charge in [0.1, 0.15) is 4.90 Å². The summed E-state index contributed by atoms with van der Waals surface area (Å²) in [6.45, 7) is 2.15. The third kappa shape index (κ3) is 3.51. The fourth-order valence-electron chi connectivity index (χ4n) is 3.61. The lowest BCUT2D eigenvalue weighted by Crippen LogP contribution is -2.36. The number of benzene rings is 2. The van der Waals surface area contributed by atoms with E-state index in [-0.39, 0.29) is 4.90 Å². The Morgan fingerprint density at radius 2 is 1.78 bits per heavy atom. The van der Waals surface area contributed by atoms with Crippen LogP contribution in [0.25, 0.3) is 10.9 Å². The summed E-state index contributed by atoms with van der Waals surface area (Å²) in [6.07, 6.45) is 3.81. The number of anilines is 1. The molecule has 2 heterocycles. The van der Waals surface area contributed by atoms with Crippen molar-refractivity contribution in [1.82, 2.24) is 8.87 Å². The highest BCUT2D eigenvalue weighted by molar-refractivity contribution is 9.10. The molecule has 0 bridgehead atoms. The van der Waals surface area contributed by atoms with E-state index in [2.05, 4.69) is 33.2 Å². The lowest BCUT2D eigenvalue weighted by molar-refractivity contribution is 0.264. The second kappa shape index (κ2) is 7.30. The van der Waals surface area contributed by atoms with Gasteiger partial charge >= 0.3 is 0 Å². The molecule has 5 nitrogen and oxygen atoms in total. The lowest BCUT2D eigenvalue weighted by atomic mass is 10.0. The van der Waals surface area contributed by atoms with Crippen molar-refractivity contribution >= 4 is 42.5 Å². The van der Waals surface area contributed by atoms with E-state index in [9.17, 15) is 8.42 Å². The minimum absolute atomic E-state index is 0.260. The van der Waals surface area contributed by atoms with Crippen LogP contribution in [0.3, 0.4) is 0 Å². The summed E-state index contributed by atoms with van der Waals surface area (Å²) in [7, 11) is -1.53. The predicted octanol–water partition coefficient (Wildman–Crippen LogP) is 4.15. The molecule has 0 radical (unpaired) electrons. The fourth-order valence-corrected chi connectivity index (χ4v) is 5.93. The molecule has 1 fully saturated rings. The number of hydrogen-bond acceptors (Lipinski definition) is 4. The maximum absolute atomic E-state index is 13.2. The van der Waals surface area contributed by atoms with Crippen molar-refractivity contribution in [3.63, 3.8) is 0 Å². The lowest BCUT2D eigenvalue weighted by Gasteiger charge is -2.30. The zero-order valence-corrected chi connectivity index (χ0v) is 17.5. The van der Waals surface area contributed by atoms with Crippen LogP contribution in [0.2, 0.25) is 0 Å². The molecule has 1 N–H and O–H groups in total. The number of aromatic nitrogens is 1. The quantitative estimate of drug-likeness (QED) is 0.652. The molecule has 0 amide bonds. The second-order valence-corrected chi connectivity index (χ2v) is 9.64. The summed E-state index contributed by atoms with van der Waals surface area (Å²) in [6, 6.07) is 15.0. The van der Waals surface area contributed by atoms with Crippen molar-refractivity contribution in [1.29, 1.82) is 0 Å². The molecule has 0 spiro atoms. The van der Waals surface area contributed by atoms with E-state index in [4.69, 9.17) is 0 Å². The number of likely N-dealkylation sites (tertiary alicyclic amines) is 1. The smallest absolute Gasteiger partial charge is 0.269 e. The molecule has 4 rings (SSSR count). The van der Waals surface area contributed by atoms with E-state index >= 15 is 0 Å². The molecule has 142 valence electrons. The molecule has 27 heavy (non-hydrogen) atoms. The van der Waals surface area contributed by atoms with E-state index in [1.54, 1.807) is 30.5 Å². The number of hydrogen-bond donors (Lipinski definition) is 1. The highest BCUT2D eigenvalue weighted by Crippen LogP contribution is 2.31. The summed E-state index contributed by atoms with van der Waals surface area (Å²) in [5.41, 5.74) is 1.67. The second-order valence-electron chi connectivity index (χ2n) is 7.01. The molecule has 0 saturated carbocycles. The molecule has 1 saturated heterocycles. The van der Waals surface area contributed by atoms with Gasteiger partial charge in [0, 0.05) is 27.8 Å². The predicted molar refractivity (Wildman–Crippen MR) is 113 cm³/mol. The molecule has 7 heteroatoms. The summed E-state index contributed by atoms with van der Waals surface area (Å²) in [4.78, 5) is 2.59. The zero-order valence-electron chi connectivity index (χ0n) is 15.1. The van der Waals surface area contributed by atoms with Gasteiger partial charge in [-0.1, -0.05) is 18.2 Å². The van der Waals surface area contributed by atoms with Crippen LogP contribution in [0.1, 0.15) is 12.8 Å². The van der Waals surface area contributed by atoms with Gasteiger partial charge in [0.15, 0.2) is 0 Å². The van der Waals surface area contributed by atoms with Crippen LogP contribution in [0.4, 0.5) is 5.69 Å². The van der Waals surface area contributed by atoms with Crippen molar-refractivity contribution in [2.75, 3.05) is 25.5 Å². The van der Waals surface area contributed by atoms with Crippen molar-refractivity contribution in [3.8, 4) is 0 Å². The van der Waals surface area contributed by atoms with Gasteiger partial charge in [0.05, 0.1) is 5.52 Å². The molecule has 3 aromatic rings. The number of nitrogens with one attached hydrogen (secondary N) is 1. The maximum atomic E-state index is 13.2. The first kappa shape index (κ1) is 18.5. The molecule has 2 aromatic carbocycles. The number of fused-ring (bicyclic) bond motifs is 1. The van der Waals surface area contributed by atoms with Gasteiger partial charge in [-0.15, -0.1) is 0 Å². The molecule has 0 unspecified atom stereocenters. The van der Waals surface area contributed by atoms with Gasteiger partial charge in [-0.25, -0.2) is 12.4 Å². The third-order valence-corrected chi connectivity index (χ3v) is 7.85. The standard InChI is InChI=1S/C20H22BrN3O2S/c1-23-12-9-15(10-13-23)22-18-6-4-7-19-16(18)11-14-24(19)27(25,26)20-8-3-2-5-17(20)21/h2-8,11,14-15,22H,9-10,12-13H2,1H3. The molecule has 1 aliphatic heterocycles. The Kier molecular flexibility index (Phi) is 5.01. The van der Waals surface area contributed by atoms with E-state index in [1.165, 1.54) is 3.97 Å². The first-order valence-electron chi connectivity index (χ1n) is 9.02. The van der Waals surface area contributed by atoms with Gasteiger partial charge < -0.3 is 10.2 Å². The third-order valence-electron chi connectivity index (χ3n) is 5.15. The van der Waals surface area contributed by atoms with E-state index in [0.717, 1.165) is 37.0 Å². The van der Waals surface area contributed by atoms with Crippen LogP contribution < -0.4 is 5.32 Å². The molecule has 1 aromatic heterocycles. The molecule has 0 atom stereocenters. The van der Waals surface area contributed by atoms with Crippen LogP contribution in [-0.2, 0) is 10.0 Å². The largest absolute Gasteiger partial charge is 0.382 e. The van der Waals surface area contributed by atoms with Crippen LogP contribution in [0.15, 0.2) is 64.1 Å². The Labute approximate surface area is 168 Å². The van der Waals surface area contributed by atoms with Crippen LogP contribution in [0.5, 0.6) is 0 Å². The Balaban J connectivity index is 1.72. The number of nitrogens with zero attached hydrogens (tertiary/aromatic N) is 2. The Morgan fingerprint density at radius 1 is 1.04 bits per heavy atom. The van der Waals surface area contributed by atoms with E-state index < -0.39 is 10.0 Å². The fraction of sp³-hybridized carbons (Fsp3) is 0.300. The van der Waals surface area contributed by atoms with Gasteiger partial charge in [0.25, 0.3) is 10.0 Å². The van der Waals surface area contributed by atoms with Gasteiger partial charge in [-0.3, -0.25) is 0 Å².